The highest BCUT2D eigenvalue weighted by Gasteiger charge is 2.48. The van der Waals surface area contributed by atoms with Crippen LogP contribution in [0.4, 0.5) is 30.8 Å². The van der Waals surface area contributed by atoms with Gasteiger partial charge in [-0.2, -0.15) is 14.5 Å². The minimum Gasteiger partial charge on any atom is -0.453 e. The van der Waals surface area contributed by atoms with Crippen molar-refractivity contribution in [1.29, 1.82) is 0 Å². The number of rotatable bonds is 10. The Morgan fingerprint density at radius 2 is 1.84 bits per heavy atom. The molecule has 12 nitrogen and oxygen atoms in total. The molecule has 2 aromatic heterocycles. The van der Waals surface area contributed by atoms with Crippen molar-refractivity contribution in [2.45, 2.75) is 32.9 Å². The van der Waals surface area contributed by atoms with Crippen LogP contribution < -0.4 is 20.3 Å². The fourth-order valence-corrected chi connectivity index (χ4v) is 4.67. The lowest BCUT2D eigenvalue weighted by Crippen LogP contribution is -2.55. The van der Waals surface area contributed by atoms with E-state index in [0.717, 1.165) is 23.1 Å². The van der Waals surface area contributed by atoms with Gasteiger partial charge in [0.1, 0.15) is 22.6 Å². The number of urea groups is 1. The number of benzene rings is 2. The third-order valence-electron chi connectivity index (χ3n) is 6.77. The van der Waals surface area contributed by atoms with Gasteiger partial charge in [-0.15, -0.1) is 4.90 Å². The number of methoxy groups -OCH3 is 1. The predicted octanol–water partition coefficient (Wildman–Crippen LogP) is 4.69. The predicted molar refractivity (Wildman–Crippen MR) is 158 cm³/mol. The van der Waals surface area contributed by atoms with Gasteiger partial charge in [-0.25, -0.2) is 18.6 Å². The van der Waals surface area contributed by atoms with Gasteiger partial charge < -0.3 is 20.1 Å². The molecule has 0 radical (unpaired) electrons. The molecule has 4 aromatic rings. The zero-order valence-corrected chi connectivity index (χ0v) is 24.3. The van der Waals surface area contributed by atoms with Gasteiger partial charge in [-0.1, -0.05) is 0 Å². The molecule has 0 aliphatic carbocycles. The highest BCUT2D eigenvalue weighted by Crippen LogP contribution is 2.35. The number of ether oxygens (including phenoxy) is 2. The maximum Gasteiger partial charge on any atom is 0.505 e. The van der Waals surface area contributed by atoms with Crippen molar-refractivity contribution in [2.75, 3.05) is 29.3 Å². The molecule has 0 spiro atoms. The summed E-state index contributed by atoms with van der Waals surface area (Å²) in [5.41, 5.74) is 0.595. The van der Waals surface area contributed by atoms with Crippen molar-refractivity contribution >= 4 is 52.3 Å². The van der Waals surface area contributed by atoms with Crippen LogP contribution in [-0.4, -0.2) is 69.6 Å². The van der Waals surface area contributed by atoms with Crippen molar-refractivity contribution in [1.82, 2.24) is 15.2 Å². The fraction of sp³-hybridized carbons (Fsp3) is 0.267. The normalized spacial score (nSPS) is 15.8. The van der Waals surface area contributed by atoms with Crippen LogP contribution in [0.5, 0.6) is 11.5 Å². The monoisotopic (exact) mass is 606 g/mol. The van der Waals surface area contributed by atoms with Gasteiger partial charge in [0.2, 0.25) is 5.91 Å². The molecule has 228 valence electrons. The summed E-state index contributed by atoms with van der Waals surface area (Å²) in [5, 5.41) is 13.3. The lowest BCUT2D eigenvalue weighted by Gasteiger charge is -2.24. The first-order valence-electron chi connectivity index (χ1n) is 13.7. The van der Waals surface area contributed by atoms with E-state index in [0.29, 0.717) is 23.5 Å². The van der Waals surface area contributed by atoms with Crippen molar-refractivity contribution in [3.63, 3.8) is 0 Å². The second-order valence-electron chi connectivity index (χ2n) is 10.4. The number of aromatic amines is 1. The Hall–Kier alpha value is -5.24. The van der Waals surface area contributed by atoms with Crippen LogP contribution in [-0.2, 0) is 14.3 Å². The van der Waals surface area contributed by atoms with Crippen molar-refractivity contribution in [2.24, 2.45) is 5.92 Å². The van der Waals surface area contributed by atoms with Crippen LogP contribution in [0.1, 0.15) is 20.8 Å². The molecular formula is C30H30F2N7O5+. The summed E-state index contributed by atoms with van der Waals surface area (Å²) in [7, 11) is 1.58. The topological polar surface area (TPSA) is 142 Å². The average molecular weight is 607 g/mol. The number of carbonyl (C=O) groups is 3. The molecule has 0 fully saturated rings. The Labute approximate surface area is 250 Å². The van der Waals surface area contributed by atoms with E-state index in [9.17, 15) is 18.8 Å². The number of hydrogen-bond acceptors (Lipinski definition) is 8. The molecule has 3 heterocycles. The van der Waals surface area contributed by atoms with E-state index in [2.05, 4.69) is 25.8 Å². The van der Waals surface area contributed by atoms with E-state index in [1.165, 1.54) is 41.3 Å². The number of H-pyrrole nitrogens is 1. The van der Waals surface area contributed by atoms with Crippen molar-refractivity contribution < 1.29 is 37.2 Å². The number of imide groups is 1. The van der Waals surface area contributed by atoms with E-state index in [1.54, 1.807) is 27.0 Å². The summed E-state index contributed by atoms with van der Waals surface area (Å²) >= 11 is 0. The lowest BCUT2D eigenvalue weighted by atomic mass is 10.0. The number of hydrogen-bond donors (Lipinski definition) is 3. The lowest BCUT2D eigenvalue weighted by molar-refractivity contribution is -0.459. The Kier molecular flexibility index (Phi) is 8.62. The van der Waals surface area contributed by atoms with Gasteiger partial charge in [0, 0.05) is 37.2 Å². The minimum absolute atomic E-state index is 0.0568. The summed E-state index contributed by atoms with van der Waals surface area (Å²) in [6, 6.07) is 8.99. The molecule has 0 bridgehead atoms. The first kappa shape index (κ1) is 30.2. The number of nitrogens with zero attached hydrogens (tertiary/aromatic N) is 4. The molecule has 3 N–H and O–H groups in total. The number of anilines is 3. The number of carbonyl (C=O) groups excluding carboxylic acids is 3. The largest absolute Gasteiger partial charge is 0.505 e. The molecule has 1 aliphatic heterocycles. The molecule has 0 saturated heterocycles. The third-order valence-corrected chi connectivity index (χ3v) is 6.77. The second kappa shape index (κ2) is 12.6. The van der Waals surface area contributed by atoms with E-state index in [-0.39, 0.29) is 28.9 Å². The van der Waals surface area contributed by atoms with Gasteiger partial charge >= 0.3 is 11.9 Å². The Morgan fingerprint density at radius 3 is 2.52 bits per heavy atom. The zero-order valence-electron chi connectivity index (χ0n) is 24.3. The highest BCUT2D eigenvalue weighted by molar-refractivity contribution is 6.28. The summed E-state index contributed by atoms with van der Waals surface area (Å²) in [6.45, 7) is 5.77. The van der Waals surface area contributed by atoms with Crippen molar-refractivity contribution in [3.05, 3.63) is 66.4 Å². The Balaban J connectivity index is 1.37. The number of amides is 4. The van der Waals surface area contributed by atoms with Gasteiger partial charge in [-0.05, 0) is 57.2 Å². The van der Waals surface area contributed by atoms with Crippen LogP contribution in [0, 0.1) is 17.6 Å². The highest BCUT2D eigenvalue weighted by atomic mass is 19.1. The maximum absolute atomic E-state index is 15.3. The molecule has 2 aromatic carbocycles. The van der Waals surface area contributed by atoms with Gasteiger partial charge in [0.05, 0.1) is 18.9 Å². The maximum atomic E-state index is 15.3. The zero-order chi connectivity index (χ0) is 31.5. The Bertz CT molecular complexity index is 1760. The van der Waals surface area contributed by atoms with Crippen LogP contribution in [0.25, 0.3) is 11.0 Å². The molecule has 1 aliphatic rings. The van der Waals surface area contributed by atoms with Gasteiger partial charge in [-0.3, -0.25) is 9.89 Å². The van der Waals surface area contributed by atoms with Crippen molar-refractivity contribution in [3.8, 4) is 11.5 Å². The van der Waals surface area contributed by atoms with E-state index < -0.39 is 41.4 Å². The summed E-state index contributed by atoms with van der Waals surface area (Å²) in [5.74, 6) is -3.77. The average Bonchev–Trinajstić information content (AvgIpc) is 3.38. The van der Waals surface area contributed by atoms with Crippen LogP contribution in [0.15, 0.2) is 54.7 Å². The third kappa shape index (κ3) is 6.10. The van der Waals surface area contributed by atoms with E-state index in [4.69, 9.17) is 9.47 Å². The number of nitrogens with one attached hydrogen (secondary N) is 3. The summed E-state index contributed by atoms with van der Waals surface area (Å²) in [6.07, 6.45) is 2.72. The quantitative estimate of drug-likeness (QED) is 0.174. The first-order valence-corrected chi connectivity index (χ1v) is 13.7. The number of fused-ring (bicyclic) bond motifs is 1. The molecule has 0 saturated carbocycles. The SMILES string of the molecule is COC[C@@H](C)Nc1n[nH]c2nccc(Oc3ccc(NC(=O)C4C=[N+](C(C)C)C(=O)N(c5ccc(F)cc5)C4=O)cc3F)c12. The van der Waals surface area contributed by atoms with Crippen LogP contribution in [0.2, 0.25) is 0 Å². The smallest absolute Gasteiger partial charge is 0.453 e. The molecular weight excluding hydrogens is 576 g/mol. The first-order chi connectivity index (χ1) is 21.1. The van der Waals surface area contributed by atoms with Crippen LogP contribution >= 0.6 is 0 Å². The molecule has 4 amide bonds. The summed E-state index contributed by atoms with van der Waals surface area (Å²) < 4.78 is 41.1. The molecule has 44 heavy (non-hydrogen) atoms. The summed E-state index contributed by atoms with van der Waals surface area (Å²) in [4.78, 5) is 44.8. The Morgan fingerprint density at radius 1 is 1.09 bits per heavy atom. The molecule has 14 heteroatoms. The molecule has 2 atom stereocenters. The van der Waals surface area contributed by atoms with E-state index >= 15 is 4.39 Å². The second-order valence-corrected chi connectivity index (χ2v) is 10.4. The van der Waals surface area contributed by atoms with E-state index in [1.807, 2.05) is 6.92 Å². The number of pyridine rings is 1. The van der Waals surface area contributed by atoms with Gasteiger partial charge in [0.15, 0.2) is 28.9 Å². The number of aromatic nitrogens is 3. The molecule has 1 unspecified atom stereocenters. The molecule has 5 rings (SSSR count). The van der Waals surface area contributed by atoms with Crippen LogP contribution in [0.3, 0.4) is 0 Å². The standard InChI is InChI=1S/C30H29F2N7O5/c1-16(2)38-14-21(29(41)39(30(38)42)20-8-5-18(31)6-9-20)28(40)35-19-7-10-23(22(32)13-19)44-24-11-12-33-26-25(24)27(37-36-26)34-17(3)15-43-4/h5-14,16-17,21H,15H2,1-4H3,(H2-,33,34,35,36,37,40)/p+1/t17-,21?/m1/s1. The van der Waals surface area contributed by atoms with Gasteiger partial charge in [0.25, 0.3) is 0 Å². The number of halogens is 2. The fourth-order valence-electron chi connectivity index (χ4n) is 4.67. The minimum atomic E-state index is -1.42.